The fraction of sp³-hybridized carbons (Fsp3) is 0.595. The Morgan fingerprint density at radius 2 is 1.38 bits per heavy atom. The molecule has 5 aliphatic rings. The number of hydrogen-bond acceptors (Lipinski definition) is 0. The van der Waals surface area contributed by atoms with E-state index in [2.05, 4.69) is 133 Å². The van der Waals surface area contributed by atoms with Crippen molar-refractivity contribution in [2.24, 2.45) is 22.2 Å². The van der Waals surface area contributed by atoms with E-state index in [0.29, 0.717) is 0 Å². The Morgan fingerprint density at radius 1 is 0.822 bits per heavy atom. The van der Waals surface area contributed by atoms with Crippen molar-refractivity contribution in [1.82, 2.24) is 0 Å². The second-order valence-electron chi connectivity index (χ2n) is 19.4. The molecule has 0 bridgehead atoms. The van der Waals surface area contributed by atoms with Crippen LogP contribution in [0.4, 0.5) is 0 Å². The van der Waals surface area contributed by atoms with Crippen LogP contribution in [0, 0.1) is 22.2 Å². The third-order valence-corrected chi connectivity index (χ3v) is 34.6. The molecule has 0 saturated heterocycles. The first-order valence-electron chi connectivity index (χ1n) is 17.5. The SMILES string of the molecule is C[C](C)=[Zr]([Cl])([Cl])([C]1=CC(C(C)(C)C)=CC1C)[CH]1C2=C(CC(C)(C)C=C2)c2c3c(c4c(c21)C(C)(C)CCC4(C)C)C=CC(C)(C)C3. The molecule has 45 heavy (non-hydrogen) atoms. The molecule has 2 unspecified atom stereocenters. The van der Waals surface area contributed by atoms with Crippen molar-refractivity contribution in [2.45, 2.75) is 137 Å². The molecule has 0 nitrogen and oxygen atoms in total. The summed E-state index contributed by atoms with van der Waals surface area (Å²) in [5.41, 5.74) is 13.9. The van der Waals surface area contributed by atoms with Gasteiger partial charge in [-0.3, -0.25) is 0 Å². The van der Waals surface area contributed by atoms with Crippen molar-refractivity contribution in [1.29, 1.82) is 0 Å². The molecule has 5 aliphatic carbocycles. The average Bonchev–Trinajstić information content (AvgIpc) is 3.44. The zero-order chi connectivity index (χ0) is 33.5. The van der Waals surface area contributed by atoms with Crippen molar-refractivity contribution in [3.05, 3.63) is 78.2 Å². The quantitative estimate of drug-likeness (QED) is 0.285. The van der Waals surface area contributed by atoms with E-state index >= 15 is 0 Å². The summed E-state index contributed by atoms with van der Waals surface area (Å²) < 4.78 is 2.62. The molecule has 3 heteroatoms. The van der Waals surface area contributed by atoms with E-state index in [-0.39, 0.29) is 36.6 Å². The molecule has 0 heterocycles. The number of halogens is 2. The van der Waals surface area contributed by atoms with Crippen LogP contribution in [0.5, 0.6) is 0 Å². The molecule has 244 valence electrons. The van der Waals surface area contributed by atoms with E-state index in [0.717, 1.165) is 12.8 Å². The van der Waals surface area contributed by atoms with Gasteiger partial charge in [0, 0.05) is 0 Å². The standard InChI is InChI=1S/C29H37.C10H15.C3H6.2ClH.Zr/c1-26(2)11-9-18-15-20-23(21(18)16-26)22-17-27(3,4)12-10-19(22)24-25(20)29(7,8)14-13-28(24,5)6;1-8-5-6-9(7-8)10(2,3)4;1-3-2;;;/h9-12,15H,13-14,16-17H2,1-8H3;6-8H,1-4H3;1-2H3;2*1H;/q;;;;;+2/p-2. The third-order valence-electron chi connectivity index (χ3n) is 12.4. The Labute approximate surface area is 283 Å². The summed E-state index contributed by atoms with van der Waals surface area (Å²) in [6.07, 6.45) is 19.3. The van der Waals surface area contributed by atoms with Gasteiger partial charge in [0.05, 0.1) is 0 Å². The molecule has 0 radical (unpaired) electrons. The van der Waals surface area contributed by atoms with Crippen molar-refractivity contribution < 1.29 is 15.9 Å². The number of hydrogen-bond donors (Lipinski definition) is 0. The first kappa shape index (κ1) is 34.1. The topological polar surface area (TPSA) is 0 Å². The molecule has 0 saturated carbocycles. The second kappa shape index (κ2) is 9.91. The summed E-state index contributed by atoms with van der Waals surface area (Å²) in [7, 11) is 17.3. The summed E-state index contributed by atoms with van der Waals surface area (Å²) in [6.45, 7) is 33.4. The van der Waals surface area contributed by atoms with Crippen LogP contribution in [0.1, 0.15) is 153 Å². The zero-order valence-electron chi connectivity index (χ0n) is 30.7. The number of benzene rings is 1. The molecule has 0 aliphatic heterocycles. The molecule has 1 aromatic rings. The van der Waals surface area contributed by atoms with Crippen LogP contribution in [-0.2, 0) is 33.2 Å². The number of rotatable bonds is 2. The average molecular weight is 725 g/mol. The van der Waals surface area contributed by atoms with Crippen LogP contribution in [0.25, 0.3) is 11.6 Å². The van der Waals surface area contributed by atoms with Gasteiger partial charge in [-0.05, 0) is 0 Å². The summed E-state index contributed by atoms with van der Waals surface area (Å²) in [5, 5.41) is 0. The van der Waals surface area contributed by atoms with Gasteiger partial charge in [0.2, 0.25) is 0 Å². The van der Waals surface area contributed by atoms with Crippen LogP contribution in [0.15, 0.2) is 44.8 Å². The third kappa shape index (κ3) is 4.93. The normalized spacial score (nSPS) is 27.4. The van der Waals surface area contributed by atoms with E-state index in [4.69, 9.17) is 17.0 Å². The Kier molecular flexibility index (Phi) is 7.52. The Morgan fingerprint density at radius 3 is 1.93 bits per heavy atom. The van der Waals surface area contributed by atoms with E-state index in [1.807, 2.05) is 0 Å². The summed E-state index contributed by atoms with van der Waals surface area (Å²) in [4.78, 5) is 0. The number of allylic oxidation sites excluding steroid dienone is 9. The first-order valence-corrected chi connectivity index (χ1v) is 27.7. The monoisotopic (exact) mass is 722 g/mol. The van der Waals surface area contributed by atoms with Crippen LogP contribution in [-0.4, -0.2) is 3.21 Å². The van der Waals surface area contributed by atoms with Gasteiger partial charge in [0.15, 0.2) is 0 Å². The van der Waals surface area contributed by atoms with E-state index in [1.54, 1.807) is 16.7 Å². The fourth-order valence-corrected chi connectivity index (χ4v) is 25.9. The van der Waals surface area contributed by atoms with Gasteiger partial charge in [-0.1, -0.05) is 0 Å². The van der Waals surface area contributed by atoms with Gasteiger partial charge in [0.1, 0.15) is 0 Å². The van der Waals surface area contributed by atoms with Gasteiger partial charge < -0.3 is 0 Å². The summed E-state index contributed by atoms with van der Waals surface area (Å²) in [5.74, 6) is 0.228. The van der Waals surface area contributed by atoms with Crippen molar-refractivity contribution in [2.75, 3.05) is 0 Å². The molecular formula is C42H58Cl2Zr. The van der Waals surface area contributed by atoms with Crippen LogP contribution < -0.4 is 0 Å². The van der Waals surface area contributed by atoms with Crippen molar-refractivity contribution in [3.63, 3.8) is 0 Å². The van der Waals surface area contributed by atoms with Gasteiger partial charge in [0.25, 0.3) is 0 Å². The van der Waals surface area contributed by atoms with Crippen LogP contribution >= 0.6 is 17.0 Å². The minimum absolute atomic E-state index is 0.0137. The predicted molar refractivity (Wildman–Crippen MR) is 198 cm³/mol. The molecule has 0 fully saturated rings. The van der Waals surface area contributed by atoms with Gasteiger partial charge in [-0.15, -0.1) is 0 Å². The molecular weight excluding hydrogens is 667 g/mol. The summed E-state index contributed by atoms with van der Waals surface area (Å²) >= 11 is -5.07. The molecule has 0 amide bonds. The van der Waals surface area contributed by atoms with E-state index in [1.165, 1.54) is 52.7 Å². The summed E-state index contributed by atoms with van der Waals surface area (Å²) in [6, 6.07) is 0. The van der Waals surface area contributed by atoms with Gasteiger partial charge in [-0.2, -0.15) is 0 Å². The maximum atomic E-state index is 8.67. The van der Waals surface area contributed by atoms with Crippen LogP contribution in [0.3, 0.4) is 0 Å². The molecule has 1 aromatic carbocycles. The molecule has 0 aromatic heterocycles. The van der Waals surface area contributed by atoms with Crippen molar-refractivity contribution in [3.8, 4) is 0 Å². The Bertz CT molecular complexity index is 1760. The first-order chi connectivity index (χ1) is 20.3. The second-order valence-corrected chi connectivity index (χ2v) is 40.5. The Balaban J connectivity index is 1.83. The van der Waals surface area contributed by atoms with Gasteiger partial charge >= 0.3 is 285 Å². The molecule has 0 spiro atoms. The molecule has 2 atom stereocenters. The fourth-order valence-electron chi connectivity index (χ4n) is 9.63. The zero-order valence-corrected chi connectivity index (χ0v) is 34.7. The number of fused-ring (bicyclic) bond motifs is 7. The predicted octanol–water partition coefficient (Wildman–Crippen LogP) is 13.1. The van der Waals surface area contributed by atoms with Gasteiger partial charge in [-0.25, -0.2) is 0 Å². The molecule has 6 rings (SSSR count). The Hall–Kier alpha value is -0.747. The van der Waals surface area contributed by atoms with Crippen LogP contribution in [0.2, 0.25) is 0 Å². The van der Waals surface area contributed by atoms with Crippen molar-refractivity contribution >= 4 is 31.9 Å². The molecule has 0 N–H and O–H groups in total. The maximum absolute atomic E-state index is 8.67. The van der Waals surface area contributed by atoms with E-state index < -0.39 is 15.9 Å². The minimum atomic E-state index is -5.07. The van der Waals surface area contributed by atoms with E-state index in [9.17, 15) is 0 Å².